The van der Waals surface area contributed by atoms with Crippen LogP contribution in [0.15, 0.2) is 0 Å². The van der Waals surface area contributed by atoms with Crippen LogP contribution >= 0.6 is 0 Å². The highest BCUT2D eigenvalue weighted by atomic mass is 16.3. The standard InChI is InChI=1S/C11H20N4O2/c1-4-5-8-9(12)10(14-13-8)11(17)15(3)6-7(2)16/h7,16H,4-6,12H2,1-3H3,(H,13,14). The number of carbonyl (C=O) groups excluding carboxylic acids is 1. The molecule has 0 aromatic carbocycles. The van der Waals surface area contributed by atoms with Gasteiger partial charge in [-0.3, -0.25) is 9.89 Å². The molecule has 1 rings (SSSR count). The van der Waals surface area contributed by atoms with Crippen molar-refractivity contribution in [2.24, 2.45) is 0 Å². The van der Waals surface area contributed by atoms with Crippen LogP contribution in [0, 0.1) is 0 Å². The second-order valence-electron chi connectivity index (χ2n) is 4.25. The van der Waals surface area contributed by atoms with Gasteiger partial charge in [0.05, 0.1) is 17.5 Å². The molecule has 0 radical (unpaired) electrons. The van der Waals surface area contributed by atoms with Gasteiger partial charge >= 0.3 is 0 Å². The molecule has 1 heterocycles. The molecule has 1 amide bonds. The summed E-state index contributed by atoms with van der Waals surface area (Å²) in [6, 6.07) is 0. The van der Waals surface area contributed by atoms with Crippen molar-refractivity contribution in [1.82, 2.24) is 15.1 Å². The first kappa shape index (κ1) is 13.5. The lowest BCUT2D eigenvalue weighted by atomic mass is 10.2. The molecule has 0 fully saturated rings. The Morgan fingerprint density at radius 3 is 2.82 bits per heavy atom. The lowest BCUT2D eigenvalue weighted by Gasteiger charge is -2.17. The van der Waals surface area contributed by atoms with E-state index in [4.69, 9.17) is 5.73 Å². The zero-order valence-corrected chi connectivity index (χ0v) is 10.5. The SMILES string of the molecule is CCCc1[nH]nc(C(=O)N(C)CC(C)O)c1N. The largest absolute Gasteiger partial charge is 0.395 e. The van der Waals surface area contributed by atoms with Crippen molar-refractivity contribution >= 4 is 11.6 Å². The number of anilines is 1. The Kier molecular flexibility index (Phi) is 4.51. The zero-order valence-electron chi connectivity index (χ0n) is 10.5. The molecule has 6 heteroatoms. The average Bonchev–Trinajstić information content (AvgIpc) is 2.59. The molecule has 4 N–H and O–H groups in total. The number of hydrogen-bond acceptors (Lipinski definition) is 4. The van der Waals surface area contributed by atoms with Gasteiger partial charge in [-0.25, -0.2) is 0 Å². The first-order valence-electron chi connectivity index (χ1n) is 5.73. The van der Waals surface area contributed by atoms with Crippen LogP contribution in [0.25, 0.3) is 0 Å². The topological polar surface area (TPSA) is 95.2 Å². The number of nitrogen functional groups attached to an aromatic ring is 1. The third-order valence-corrected chi connectivity index (χ3v) is 2.47. The van der Waals surface area contributed by atoms with Gasteiger partial charge < -0.3 is 15.7 Å². The number of amides is 1. The van der Waals surface area contributed by atoms with Crippen LogP contribution in [0.1, 0.15) is 36.5 Å². The van der Waals surface area contributed by atoms with Crippen molar-refractivity contribution in [3.05, 3.63) is 11.4 Å². The predicted molar refractivity (Wildman–Crippen MR) is 65.6 cm³/mol. The van der Waals surface area contributed by atoms with Gasteiger partial charge in [-0.15, -0.1) is 0 Å². The molecule has 0 saturated carbocycles. The minimum absolute atomic E-state index is 0.233. The Balaban J connectivity index is 2.82. The molecule has 1 unspecified atom stereocenters. The fourth-order valence-corrected chi connectivity index (χ4v) is 1.65. The van der Waals surface area contributed by atoms with Gasteiger partial charge in [-0.2, -0.15) is 5.10 Å². The Hall–Kier alpha value is -1.56. The Bertz CT molecular complexity index is 387. The molecule has 0 aliphatic rings. The second kappa shape index (κ2) is 5.67. The number of aliphatic hydroxyl groups is 1. The van der Waals surface area contributed by atoms with E-state index in [0.29, 0.717) is 5.69 Å². The minimum atomic E-state index is -0.570. The van der Waals surface area contributed by atoms with Gasteiger partial charge in [-0.1, -0.05) is 13.3 Å². The van der Waals surface area contributed by atoms with Crippen molar-refractivity contribution in [1.29, 1.82) is 0 Å². The molecule has 96 valence electrons. The van der Waals surface area contributed by atoms with Crippen LogP contribution in [0.4, 0.5) is 5.69 Å². The van der Waals surface area contributed by atoms with Crippen LogP contribution in [0.3, 0.4) is 0 Å². The Morgan fingerprint density at radius 1 is 1.65 bits per heavy atom. The molecule has 0 bridgehead atoms. The number of hydrogen-bond donors (Lipinski definition) is 3. The number of nitrogens with two attached hydrogens (primary N) is 1. The number of nitrogens with zero attached hydrogens (tertiary/aromatic N) is 2. The summed E-state index contributed by atoms with van der Waals surface area (Å²) in [4.78, 5) is 13.4. The smallest absolute Gasteiger partial charge is 0.276 e. The van der Waals surface area contributed by atoms with Crippen LogP contribution in [0.2, 0.25) is 0 Å². The number of nitrogens with one attached hydrogen (secondary N) is 1. The molecular formula is C11H20N4O2. The molecule has 0 saturated heterocycles. The summed E-state index contributed by atoms with van der Waals surface area (Å²) >= 11 is 0. The summed E-state index contributed by atoms with van der Waals surface area (Å²) in [7, 11) is 1.61. The number of H-pyrrole nitrogens is 1. The molecule has 0 aliphatic heterocycles. The van der Waals surface area contributed by atoms with E-state index in [2.05, 4.69) is 10.2 Å². The molecule has 1 aromatic heterocycles. The molecule has 1 atom stereocenters. The number of carbonyl (C=O) groups is 1. The molecule has 17 heavy (non-hydrogen) atoms. The van der Waals surface area contributed by atoms with E-state index >= 15 is 0 Å². The maximum atomic E-state index is 12.0. The van der Waals surface area contributed by atoms with E-state index < -0.39 is 6.10 Å². The van der Waals surface area contributed by atoms with E-state index in [9.17, 15) is 9.90 Å². The van der Waals surface area contributed by atoms with Gasteiger partial charge in [-0.05, 0) is 13.3 Å². The van der Waals surface area contributed by atoms with Crippen LogP contribution in [-0.2, 0) is 6.42 Å². The van der Waals surface area contributed by atoms with Gasteiger partial charge in [0.1, 0.15) is 0 Å². The zero-order chi connectivity index (χ0) is 13.0. The first-order valence-corrected chi connectivity index (χ1v) is 5.73. The van der Waals surface area contributed by atoms with E-state index in [1.54, 1.807) is 14.0 Å². The van der Waals surface area contributed by atoms with Crippen molar-refractivity contribution in [2.75, 3.05) is 19.3 Å². The van der Waals surface area contributed by atoms with Crippen LogP contribution < -0.4 is 5.73 Å². The quantitative estimate of drug-likeness (QED) is 0.694. The summed E-state index contributed by atoms with van der Waals surface area (Å²) in [5, 5.41) is 15.9. The average molecular weight is 240 g/mol. The van der Waals surface area contributed by atoms with Crippen LogP contribution in [-0.4, -0.2) is 45.8 Å². The molecule has 0 spiro atoms. The van der Waals surface area contributed by atoms with Gasteiger partial charge in [0, 0.05) is 13.6 Å². The lowest BCUT2D eigenvalue weighted by Crippen LogP contribution is -2.33. The van der Waals surface area contributed by atoms with E-state index in [-0.39, 0.29) is 18.1 Å². The fourth-order valence-electron chi connectivity index (χ4n) is 1.65. The number of aryl methyl sites for hydroxylation is 1. The van der Waals surface area contributed by atoms with E-state index in [1.807, 2.05) is 6.92 Å². The number of rotatable bonds is 5. The summed E-state index contributed by atoms with van der Waals surface area (Å²) < 4.78 is 0. The highest BCUT2D eigenvalue weighted by molar-refractivity contribution is 5.97. The molecular weight excluding hydrogens is 220 g/mol. The third-order valence-electron chi connectivity index (χ3n) is 2.47. The summed E-state index contributed by atoms with van der Waals surface area (Å²) in [6.07, 6.45) is 1.13. The van der Waals surface area contributed by atoms with Gasteiger partial charge in [0.2, 0.25) is 0 Å². The lowest BCUT2D eigenvalue weighted by molar-refractivity contribution is 0.0699. The number of aliphatic hydroxyl groups excluding tert-OH is 1. The van der Waals surface area contributed by atoms with E-state index in [1.165, 1.54) is 4.90 Å². The fraction of sp³-hybridized carbons (Fsp3) is 0.636. The Morgan fingerprint density at radius 2 is 2.29 bits per heavy atom. The number of aromatic amines is 1. The second-order valence-corrected chi connectivity index (χ2v) is 4.25. The van der Waals surface area contributed by atoms with Crippen molar-refractivity contribution < 1.29 is 9.90 Å². The van der Waals surface area contributed by atoms with Gasteiger partial charge in [0.15, 0.2) is 5.69 Å². The van der Waals surface area contributed by atoms with Crippen LogP contribution in [0.5, 0.6) is 0 Å². The maximum absolute atomic E-state index is 12.0. The van der Waals surface area contributed by atoms with E-state index in [0.717, 1.165) is 18.5 Å². The Labute approximate surface area is 101 Å². The summed E-state index contributed by atoms with van der Waals surface area (Å²) in [5.41, 5.74) is 7.29. The van der Waals surface area contributed by atoms with Crippen molar-refractivity contribution in [3.8, 4) is 0 Å². The molecule has 0 aliphatic carbocycles. The molecule has 6 nitrogen and oxygen atoms in total. The number of likely N-dealkylation sites (N-methyl/N-ethyl adjacent to an activating group) is 1. The first-order chi connectivity index (χ1) is 7.97. The van der Waals surface area contributed by atoms with Gasteiger partial charge in [0.25, 0.3) is 5.91 Å². The van der Waals surface area contributed by atoms with Crippen molar-refractivity contribution in [3.63, 3.8) is 0 Å². The van der Waals surface area contributed by atoms with Crippen molar-refractivity contribution in [2.45, 2.75) is 32.8 Å². The maximum Gasteiger partial charge on any atom is 0.276 e. The predicted octanol–water partition coefficient (Wildman–Crippen LogP) is 0.397. The number of aromatic nitrogens is 2. The normalized spacial score (nSPS) is 12.5. The highest BCUT2D eigenvalue weighted by Crippen LogP contribution is 2.17. The molecule has 1 aromatic rings. The highest BCUT2D eigenvalue weighted by Gasteiger charge is 2.20. The minimum Gasteiger partial charge on any atom is -0.395 e. The monoisotopic (exact) mass is 240 g/mol. The summed E-state index contributed by atoms with van der Waals surface area (Å²) in [6.45, 7) is 3.91. The third kappa shape index (κ3) is 3.20. The summed E-state index contributed by atoms with van der Waals surface area (Å²) in [5.74, 6) is -0.276.